The van der Waals surface area contributed by atoms with E-state index in [0.717, 1.165) is 62.0 Å². The summed E-state index contributed by atoms with van der Waals surface area (Å²) in [6.45, 7) is 17.5. The van der Waals surface area contributed by atoms with Gasteiger partial charge in [-0.3, -0.25) is 0 Å². The van der Waals surface area contributed by atoms with Crippen LogP contribution in [0.4, 0.5) is 5.69 Å². The van der Waals surface area contributed by atoms with E-state index in [1.165, 1.54) is 6.42 Å². The molecule has 3 aromatic rings. The van der Waals surface area contributed by atoms with Gasteiger partial charge in [-0.1, -0.05) is 45.0 Å². The lowest BCUT2D eigenvalue weighted by Gasteiger charge is -2.24. The fourth-order valence-electron chi connectivity index (χ4n) is 4.00. The second-order valence-corrected chi connectivity index (χ2v) is 8.42. The molecule has 34 heavy (non-hydrogen) atoms. The standard InChI is InChI=1S/C27H27NO3.C3H8/c1-6-28-23-15-25-22(13-18(23)5)26(21-12-16(3)17(4)14-24(21)31-25)19-10-8-9-11-20(19)27(29)30-7-2;1-3-2/h8-15,28H,4,6-7H2,1-3,5H3;3H2,1-2H3. The smallest absolute Gasteiger partial charge is 0.338 e. The maximum Gasteiger partial charge on any atom is 0.338 e. The Morgan fingerprint density at radius 2 is 1.65 bits per heavy atom. The molecular weight excluding hydrogens is 422 g/mol. The number of fused-ring (bicyclic) bond motifs is 2. The molecule has 1 N–H and O–H groups in total. The molecule has 3 aromatic carbocycles. The molecule has 0 atom stereocenters. The highest BCUT2D eigenvalue weighted by atomic mass is 16.5. The molecule has 4 rings (SSSR count). The van der Waals surface area contributed by atoms with Crippen molar-refractivity contribution in [2.24, 2.45) is 0 Å². The number of rotatable bonds is 5. The van der Waals surface area contributed by atoms with Gasteiger partial charge in [-0.25, -0.2) is 4.79 Å². The number of nitrogens with one attached hydrogen (secondary N) is 1. The summed E-state index contributed by atoms with van der Waals surface area (Å²) in [6.07, 6.45) is 1.25. The van der Waals surface area contributed by atoms with Crippen LogP contribution < -0.4 is 20.5 Å². The van der Waals surface area contributed by atoms with Crippen LogP contribution in [-0.4, -0.2) is 19.1 Å². The number of carbonyl (C=O) groups excluding carboxylic acids is 1. The van der Waals surface area contributed by atoms with Gasteiger partial charge in [0.25, 0.3) is 0 Å². The Kier molecular flexibility index (Phi) is 8.17. The van der Waals surface area contributed by atoms with E-state index in [-0.39, 0.29) is 5.97 Å². The third kappa shape index (κ3) is 5.01. The fraction of sp³-hybridized carbons (Fsp3) is 0.300. The summed E-state index contributed by atoms with van der Waals surface area (Å²) in [5.41, 5.74) is 6.52. The summed E-state index contributed by atoms with van der Waals surface area (Å²) >= 11 is 0. The van der Waals surface area contributed by atoms with Crippen LogP contribution in [0.25, 0.3) is 12.2 Å². The lowest BCUT2D eigenvalue weighted by Crippen LogP contribution is -2.23. The fourth-order valence-corrected chi connectivity index (χ4v) is 4.00. The summed E-state index contributed by atoms with van der Waals surface area (Å²) in [4.78, 5) is 12.8. The molecule has 0 amide bonds. The third-order valence-corrected chi connectivity index (χ3v) is 5.58. The highest BCUT2D eigenvalue weighted by Crippen LogP contribution is 2.40. The monoisotopic (exact) mass is 457 g/mol. The summed E-state index contributed by atoms with van der Waals surface area (Å²) in [7, 11) is 0. The molecule has 0 unspecified atom stereocenters. The second-order valence-electron chi connectivity index (χ2n) is 8.42. The van der Waals surface area contributed by atoms with E-state index in [9.17, 15) is 4.79 Å². The first kappa shape index (κ1) is 25.1. The molecule has 0 aliphatic carbocycles. The number of aryl methyl sites for hydroxylation is 2. The van der Waals surface area contributed by atoms with Crippen LogP contribution in [0.15, 0.2) is 48.5 Å². The quantitative estimate of drug-likeness (QED) is 0.368. The van der Waals surface area contributed by atoms with Crippen LogP contribution in [0, 0.1) is 13.8 Å². The summed E-state index contributed by atoms with van der Waals surface area (Å²) in [6, 6.07) is 15.8. The molecule has 0 saturated carbocycles. The molecule has 0 radical (unpaired) electrons. The molecular formula is C30H35NO3. The van der Waals surface area contributed by atoms with Crippen molar-refractivity contribution in [3.63, 3.8) is 0 Å². The molecule has 0 bridgehead atoms. The van der Waals surface area contributed by atoms with Gasteiger partial charge in [0.2, 0.25) is 0 Å². The van der Waals surface area contributed by atoms with Gasteiger partial charge >= 0.3 is 5.97 Å². The number of ether oxygens (including phenoxy) is 2. The van der Waals surface area contributed by atoms with Gasteiger partial charge in [-0.15, -0.1) is 0 Å². The molecule has 0 fully saturated rings. The Hall–Kier alpha value is -3.53. The van der Waals surface area contributed by atoms with Crippen molar-refractivity contribution >= 4 is 23.8 Å². The minimum Gasteiger partial charge on any atom is -0.462 e. The highest BCUT2D eigenvalue weighted by molar-refractivity contribution is 5.99. The van der Waals surface area contributed by atoms with Crippen molar-refractivity contribution in [2.75, 3.05) is 18.5 Å². The average Bonchev–Trinajstić information content (AvgIpc) is 2.80. The van der Waals surface area contributed by atoms with E-state index in [1.54, 1.807) is 0 Å². The number of hydrogen-bond acceptors (Lipinski definition) is 4. The van der Waals surface area contributed by atoms with Crippen molar-refractivity contribution in [1.29, 1.82) is 0 Å². The van der Waals surface area contributed by atoms with E-state index in [4.69, 9.17) is 9.47 Å². The van der Waals surface area contributed by atoms with Crippen LogP contribution in [0.1, 0.15) is 66.7 Å². The average molecular weight is 458 g/mol. The highest BCUT2D eigenvalue weighted by Gasteiger charge is 2.25. The Bertz CT molecular complexity index is 1310. The first-order valence-corrected chi connectivity index (χ1v) is 12.0. The zero-order chi connectivity index (χ0) is 24.8. The normalized spacial score (nSPS) is 11.4. The Morgan fingerprint density at radius 1 is 0.941 bits per heavy atom. The number of hydrogen-bond donors (Lipinski definition) is 1. The molecule has 4 heteroatoms. The molecule has 0 aromatic heterocycles. The molecule has 178 valence electrons. The molecule has 4 nitrogen and oxygen atoms in total. The molecule has 1 aliphatic rings. The maximum atomic E-state index is 12.8. The Balaban J connectivity index is 0.00000103. The van der Waals surface area contributed by atoms with Crippen LogP contribution in [0.2, 0.25) is 0 Å². The number of benzene rings is 3. The Morgan fingerprint density at radius 3 is 2.32 bits per heavy atom. The molecule has 0 saturated heterocycles. The number of anilines is 1. The number of carbonyl (C=O) groups is 1. The van der Waals surface area contributed by atoms with Crippen LogP contribution in [0.5, 0.6) is 11.5 Å². The zero-order valence-corrected chi connectivity index (χ0v) is 21.2. The van der Waals surface area contributed by atoms with Gasteiger partial charge in [0, 0.05) is 34.7 Å². The first-order valence-electron chi connectivity index (χ1n) is 12.0. The van der Waals surface area contributed by atoms with E-state index < -0.39 is 0 Å². The van der Waals surface area contributed by atoms with Crippen molar-refractivity contribution in [1.82, 2.24) is 0 Å². The lowest BCUT2D eigenvalue weighted by molar-refractivity contribution is 0.0526. The Labute approximate surface area is 202 Å². The maximum absolute atomic E-state index is 12.8. The topological polar surface area (TPSA) is 47.6 Å². The van der Waals surface area contributed by atoms with Gasteiger partial charge in [-0.2, -0.15) is 0 Å². The van der Waals surface area contributed by atoms with E-state index in [0.29, 0.717) is 12.2 Å². The van der Waals surface area contributed by atoms with Gasteiger partial charge in [0.1, 0.15) is 11.5 Å². The van der Waals surface area contributed by atoms with Crippen molar-refractivity contribution in [2.45, 2.75) is 48.0 Å². The van der Waals surface area contributed by atoms with Crippen molar-refractivity contribution in [3.8, 4) is 11.5 Å². The van der Waals surface area contributed by atoms with Gasteiger partial charge in [0.05, 0.1) is 12.2 Å². The zero-order valence-electron chi connectivity index (χ0n) is 21.2. The van der Waals surface area contributed by atoms with Crippen LogP contribution in [-0.2, 0) is 4.74 Å². The van der Waals surface area contributed by atoms with Crippen molar-refractivity contribution in [3.05, 3.63) is 86.8 Å². The largest absolute Gasteiger partial charge is 0.462 e. The summed E-state index contributed by atoms with van der Waals surface area (Å²) in [5, 5.41) is 5.26. The molecule has 1 aliphatic heterocycles. The number of esters is 1. The predicted octanol–water partition coefficient (Wildman–Crippen LogP) is 6.09. The van der Waals surface area contributed by atoms with E-state index in [2.05, 4.69) is 51.7 Å². The molecule has 0 spiro atoms. The predicted molar refractivity (Wildman–Crippen MR) is 141 cm³/mol. The minimum atomic E-state index is -0.327. The van der Waals surface area contributed by atoms with Crippen LogP contribution >= 0.6 is 0 Å². The first-order chi connectivity index (χ1) is 16.4. The van der Waals surface area contributed by atoms with Gasteiger partial charge in [-0.05, 0) is 73.9 Å². The third-order valence-electron chi connectivity index (χ3n) is 5.58. The SMILES string of the molecule is C=c1cc2c(cc1C)=C(c1ccccc1C(=O)OCC)c1cc(C)c(NCC)cc1O2.CCC. The molecule has 1 heterocycles. The lowest BCUT2D eigenvalue weighted by atomic mass is 9.88. The van der Waals surface area contributed by atoms with Crippen LogP contribution in [0.3, 0.4) is 0 Å². The summed E-state index contributed by atoms with van der Waals surface area (Å²) < 4.78 is 11.7. The second kappa shape index (κ2) is 11.1. The summed E-state index contributed by atoms with van der Waals surface area (Å²) in [5.74, 6) is 1.17. The van der Waals surface area contributed by atoms with Gasteiger partial charge < -0.3 is 14.8 Å². The van der Waals surface area contributed by atoms with E-state index in [1.807, 2.05) is 50.2 Å². The van der Waals surface area contributed by atoms with Gasteiger partial charge in [0.15, 0.2) is 0 Å². The minimum absolute atomic E-state index is 0.327. The van der Waals surface area contributed by atoms with E-state index >= 15 is 0 Å². The van der Waals surface area contributed by atoms with Crippen molar-refractivity contribution < 1.29 is 14.3 Å².